The lowest BCUT2D eigenvalue weighted by molar-refractivity contribution is 0.0987. The summed E-state index contributed by atoms with van der Waals surface area (Å²) < 4.78 is 5.20. The highest BCUT2D eigenvalue weighted by atomic mass is 16.3. The van der Waals surface area contributed by atoms with E-state index < -0.39 is 0 Å². The number of benzene rings is 1. The van der Waals surface area contributed by atoms with Gasteiger partial charge in [0.15, 0.2) is 5.78 Å². The van der Waals surface area contributed by atoms with E-state index in [1.54, 1.807) is 6.26 Å². The molecule has 1 aliphatic carbocycles. The second-order valence-electron chi connectivity index (χ2n) is 4.52. The highest BCUT2D eigenvalue weighted by molar-refractivity contribution is 5.97. The van der Waals surface area contributed by atoms with E-state index in [9.17, 15) is 4.79 Å². The van der Waals surface area contributed by atoms with Crippen LogP contribution < -0.4 is 0 Å². The van der Waals surface area contributed by atoms with Gasteiger partial charge < -0.3 is 4.42 Å². The van der Waals surface area contributed by atoms with Gasteiger partial charge in [0.2, 0.25) is 0 Å². The Balaban J connectivity index is 1.82. The average Bonchev–Trinajstić information content (AvgIpc) is 2.97. The van der Waals surface area contributed by atoms with Crippen molar-refractivity contribution in [2.75, 3.05) is 0 Å². The summed E-state index contributed by atoms with van der Waals surface area (Å²) in [5.74, 6) is 0.866. The third kappa shape index (κ3) is 2.03. The minimum absolute atomic E-state index is 0.134. The number of ketones is 1. The number of aryl methyl sites for hydroxylation is 2. The van der Waals surface area contributed by atoms with Crippen molar-refractivity contribution >= 4 is 5.78 Å². The van der Waals surface area contributed by atoms with Crippen LogP contribution in [0.3, 0.4) is 0 Å². The predicted molar refractivity (Wildman–Crippen MR) is 65.2 cm³/mol. The average molecular weight is 226 g/mol. The smallest absolute Gasteiger partial charge is 0.170 e. The lowest BCUT2D eigenvalue weighted by Gasteiger charge is -2.03. The van der Waals surface area contributed by atoms with Crippen LogP contribution in [0.5, 0.6) is 0 Å². The molecular formula is C15H14O2. The van der Waals surface area contributed by atoms with Gasteiger partial charge in [0.1, 0.15) is 5.76 Å². The lowest BCUT2D eigenvalue weighted by atomic mass is 10.0. The first-order chi connectivity index (χ1) is 8.33. The molecule has 0 radical (unpaired) electrons. The predicted octanol–water partition coefficient (Wildman–Crippen LogP) is 3.19. The minimum Gasteiger partial charge on any atom is -0.469 e. The number of carbonyl (C=O) groups is 1. The van der Waals surface area contributed by atoms with Crippen LogP contribution in [-0.2, 0) is 19.3 Å². The van der Waals surface area contributed by atoms with Gasteiger partial charge in [-0.2, -0.15) is 0 Å². The van der Waals surface area contributed by atoms with Crippen LogP contribution in [0.4, 0.5) is 0 Å². The van der Waals surface area contributed by atoms with Crippen LogP contribution in [0, 0.1) is 0 Å². The van der Waals surface area contributed by atoms with Gasteiger partial charge in [0, 0.05) is 5.56 Å². The van der Waals surface area contributed by atoms with Crippen molar-refractivity contribution in [3.8, 4) is 0 Å². The number of hydrogen-bond acceptors (Lipinski definition) is 2. The molecule has 0 aliphatic heterocycles. The second kappa shape index (κ2) is 4.21. The Kier molecular flexibility index (Phi) is 2.56. The van der Waals surface area contributed by atoms with Crippen molar-refractivity contribution in [1.82, 2.24) is 0 Å². The molecular weight excluding hydrogens is 212 g/mol. The van der Waals surface area contributed by atoms with E-state index in [1.165, 1.54) is 17.5 Å². The molecule has 1 heterocycles. The Labute approximate surface area is 100 Å². The number of hydrogen-bond donors (Lipinski definition) is 0. The quantitative estimate of drug-likeness (QED) is 0.752. The van der Waals surface area contributed by atoms with Gasteiger partial charge in [-0.15, -0.1) is 0 Å². The number of furan rings is 1. The molecule has 1 aromatic heterocycles. The van der Waals surface area contributed by atoms with Crippen molar-refractivity contribution in [3.05, 3.63) is 59.0 Å². The standard InChI is InChI=1S/C15H14O2/c16-15(10-14-5-2-8-17-14)13-7-6-11-3-1-4-12(11)9-13/h2,5-9H,1,3-4,10H2. The molecule has 1 aliphatic rings. The van der Waals surface area contributed by atoms with Crippen LogP contribution in [-0.4, -0.2) is 5.78 Å². The fourth-order valence-corrected chi connectivity index (χ4v) is 2.42. The molecule has 0 fully saturated rings. The van der Waals surface area contributed by atoms with Gasteiger partial charge in [-0.25, -0.2) is 0 Å². The molecule has 1 aromatic carbocycles. The van der Waals surface area contributed by atoms with Crippen LogP contribution in [0.15, 0.2) is 41.0 Å². The lowest BCUT2D eigenvalue weighted by Crippen LogP contribution is -2.03. The van der Waals surface area contributed by atoms with Crippen LogP contribution in [0.2, 0.25) is 0 Å². The van der Waals surface area contributed by atoms with Crippen LogP contribution in [0.25, 0.3) is 0 Å². The molecule has 2 heteroatoms. The number of carbonyl (C=O) groups excluding carboxylic acids is 1. The Morgan fingerprint density at radius 3 is 2.88 bits per heavy atom. The van der Waals surface area contributed by atoms with E-state index in [2.05, 4.69) is 6.07 Å². The van der Waals surface area contributed by atoms with Gasteiger partial charge in [-0.3, -0.25) is 4.79 Å². The zero-order valence-corrected chi connectivity index (χ0v) is 9.61. The molecule has 0 atom stereocenters. The summed E-state index contributed by atoms with van der Waals surface area (Å²) in [7, 11) is 0. The zero-order valence-electron chi connectivity index (χ0n) is 9.61. The molecule has 0 bridgehead atoms. The Morgan fingerprint density at radius 2 is 2.06 bits per heavy atom. The van der Waals surface area contributed by atoms with Crippen molar-refractivity contribution in [1.29, 1.82) is 0 Å². The van der Waals surface area contributed by atoms with E-state index in [-0.39, 0.29) is 5.78 Å². The summed E-state index contributed by atoms with van der Waals surface area (Å²) in [5, 5.41) is 0. The largest absolute Gasteiger partial charge is 0.469 e. The molecule has 86 valence electrons. The van der Waals surface area contributed by atoms with Gasteiger partial charge in [0.25, 0.3) is 0 Å². The fraction of sp³-hybridized carbons (Fsp3) is 0.267. The second-order valence-corrected chi connectivity index (χ2v) is 4.52. The summed E-state index contributed by atoms with van der Waals surface area (Å²) in [6, 6.07) is 9.73. The monoisotopic (exact) mass is 226 g/mol. The summed E-state index contributed by atoms with van der Waals surface area (Å²) in [6.45, 7) is 0. The number of Topliss-reactive ketones (excluding diaryl/α,β-unsaturated/α-hetero) is 1. The molecule has 0 spiro atoms. The Bertz CT molecular complexity index is 538. The third-order valence-corrected chi connectivity index (χ3v) is 3.34. The van der Waals surface area contributed by atoms with Crippen LogP contribution >= 0.6 is 0 Å². The fourth-order valence-electron chi connectivity index (χ4n) is 2.42. The van der Waals surface area contributed by atoms with E-state index in [0.717, 1.165) is 24.2 Å². The molecule has 3 rings (SSSR count). The molecule has 0 amide bonds. The normalized spacial score (nSPS) is 13.6. The highest BCUT2D eigenvalue weighted by Crippen LogP contribution is 2.23. The van der Waals surface area contributed by atoms with Gasteiger partial charge in [-0.1, -0.05) is 12.1 Å². The number of rotatable bonds is 3. The maximum Gasteiger partial charge on any atom is 0.170 e. The maximum absolute atomic E-state index is 12.1. The van der Waals surface area contributed by atoms with Gasteiger partial charge in [0.05, 0.1) is 12.7 Å². The van der Waals surface area contributed by atoms with Gasteiger partial charge >= 0.3 is 0 Å². The summed E-state index contributed by atoms with van der Waals surface area (Å²) in [6.07, 6.45) is 5.43. The first-order valence-electron chi connectivity index (χ1n) is 6.00. The molecule has 0 saturated heterocycles. The Hall–Kier alpha value is -1.83. The third-order valence-electron chi connectivity index (χ3n) is 3.34. The first-order valence-corrected chi connectivity index (χ1v) is 6.00. The number of fused-ring (bicyclic) bond motifs is 1. The molecule has 0 unspecified atom stereocenters. The summed E-state index contributed by atoms with van der Waals surface area (Å²) >= 11 is 0. The van der Waals surface area contributed by atoms with E-state index in [1.807, 2.05) is 24.3 Å². The zero-order chi connectivity index (χ0) is 11.7. The SMILES string of the molecule is O=C(Cc1ccco1)c1ccc2c(c1)CCC2. The maximum atomic E-state index is 12.1. The first kappa shape index (κ1) is 10.3. The van der Waals surface area contributed by atoms with Crippen molar-refractivity contribution in [2.45, 2.75) is 25.7 Å². The highest BCUT2D eigenvalue weighted by Gasteiger charge is 2.14. The molecule has 2 nitrogen and oxygen atoms in total. The Morgan fingerprint density at radius 1 is 1.18 bits per heavy atom. The van der Waals surface area contributed by atoms with Crippen molar-refractivity contribution in [2.24, 2.45) is 0 Å². The van der Waals surface area contributed by atoms with Crippen LogP contribution in [0.1, 0.15) is 33.7 Å². The molecule has 2 aromatic rings. The van der Waals surface area contributed by atoms with E-state index >= 15 is 0 Å². The summed E-state index contributed by atoms with van der Waals surface area (Å²) in [4.78, 5) is 12.1. The minimum atomic E-state index is 0.134. The van der Waals surface area contributed by atoms with E-state index in [4.69, 9.17) is 4.42 Å². The topological polar surface area (TPSA) is 30.2 Å². The van der Waals surface area contributed by atoms with E-state index in [0.29, 0.717) is 6.42 Å². The van der Waals surface area contributed by atoms with Gasteiger partial charge in [-0.05, 0) is 48.6 Å². The molecule has 0 N–H and O–H groups in total. The van der Waals surface area contributed by atoms with Crippen molar-refractivity contribution in [3.63, 3.8) is 0 Å². The molecule has 17 heavy (non-hydrogen) atoms. The van der Waals surface area contributed by atoms with Crippen molar-refractivity contribution < 1.29 is 9.21 Å². The molecule has 0 saturated carbocycles. The summed E-state index contributed by atoms with van der Waals surface area (Å²) in [5.41, 5.74) is 3.55.